The van der Waals surface area contributed by atoms with Crippen LogP contribution in [0.1, 0.15) is 51.7 Å². The van der Waals surface area contributed by atoms with Crippen molar-refractivity contribution in [1.29, 1.82) is 0 Å². The van der Waals surface area contributed by atoms with E-state index in [9.17, 15) is 0 Å². The van der Waals surface area contributed by atoms with Crippen molar-refractivity contribution in [2.24, 2.45) is 5.92 Å². The van der Waals surface area contributed by atoms with E-state index in [2.05, 4.69) is 63.0 Å². The molecule has 0 bridgehead atoms. The highest BCUT2D eigenvalue weighted by molar-refractivity contribution is 5.56. The molecule has 1 aliphatic rings. The van der Waals surface area contributed by atoms with Gasteiger partial charge in [-0.2, -0.15) is 0 Å². The summed E-state index contributed by atoms with van der Waals surface area (Å²) in [6.45, 7) is 13.4. The second kappa shape index (κ2) is 6.62. The van der Waals surface area contributed by atoms with Crippen LogP contribution in [0.3, 0.4) is 0 Å². The molecule has 0 atom stereocenters. The van der Waals surface area contributed by atoms with Crippen LogP contribution in [0, 0.1) is 12.8 Å². The van der Waals surface area contributed by atoms with Crippen molar-refractivity contribution >= 4 is 5.69 Å². The Balaban J connectivity index is 2.21. The Hall–Kier alpha value is -1.02. The molecule has 0 unspecified atom stereocenters. The highest BCUT2D eigenvalue weighted by Gasteiger charge is 2.26. The van der Waals surface area contributed by atoms with Crippen LogP contribution in [-0.2, 0) is 6.54 Å². The van der Waals surface area contributed by atoms with Gasteiger partial charge in [0, 0.05) is 30.9 Å². The van der Waals surface area contributed by atoms with E-state index in [1.807, 2.05) is 0 Å². The van der Waals surface area contributed by atoms with E-state index >= 15 is 0 Å². The highest BCUT2D eigenvalue weighted by Crippen LogP contribution is 2.33. The van der Waals surface area contributed by atoms with Crippen molar-refractivity contribution in [3.8, 4) is 0 Å². The number of nitrogens with zero attached hydrogens (tertiary/aromatic N) is 1. The fourth-order valence-electron chi connectivity index (χ4n) is 2.62. The Labute approximate surface area is 124 Å². The summed E-state index contributed by atoms with van der Waals surface area (Å²) in [5.41, 5.74) is 4.21. The van der Waals surface area contributed by atoms with Crippen LogP contribution >= 0.6 is 0 Å². The summed E-state index contributed by atoms with van der Waals surface area (Å²) in [6, 6.07) is 7.99. The fourth-order valence-corrected chi connectivity index (χ4v) is 2.62. The summed E-state index contributed by atoms with van der Waals surface area (Å²) in [7, 11) is 0. The van der Waals surface area contributed by atoms with E-state index in [0.29, 0.717) is 12.1 Å². The fraction of sp³-hybridized carbons (Fsp3) is 0.667. The topological polar surface area (TPSA) is 15.3 Å². The minimum Gasteiger partial charge on any atom is -0.369 e. The highest BCUT2D eigenvalue weighted by atomic mass is 15.2. The number of nitrogens with one attached hydrogen (secondary N) is 1. The molecular weight excluding hydrogens is 244 g/mol. The summed E-state index contributed by atoms with van der Waals surface area (Å²) in [5, 5.41) is 3.57. The molecule has 2 heteroatoms. The minimum atomic E-state index is 0.527. The van der Waals surface area contributed by atoms with Crippen LogP contribution in [0.25, 0.3) is 0 Å². The first kappa shape index (κ1) is 15.4. The molecule has 1 aromatic carbocycles. The van der Waals surface area contributed by atoms with Gasteiger partial charge in [-0.1, -0.05) is 31.5 Å². The molecule has 0 heterocycles. The number of aryl methyl sites for hydroxylation is 1. The van der Waals surface area contributed by atoms with Crippen LogP contribution in [0.2, 0.25) is 0 Å². The monoisotopic (exact) mass is 274 g/mol. The molecule has 1 aliphatic carbocycles. The average Bonchev–Trinajstić information content (AvgIpc) is 3.18. The Morgan fingerprint density at radius 2 is 1.90 bits per heavy atom. The Bertz CT molecular complexity index is 433. The SMILES string of the molecule is Cc1ccc(N(CC2CC2)C(C)C)c(CNC(C)C)c1. The lowest BCUT2D eigenvalue weighted by Gasteiger charge is -2.31. The quantitative estimate of drug-likeness (QED) is 0.804. The molecule has 0 saturated heterocycles. The summed E-state index contributed by atoms with van der Waals surface area (Å²) < 4.78 is 0. The average molecular weight is 274 g/mol. The molecule has 0 aromatic heterocycles. The summed E-state index contributed by atoms with van der Waals surface area (Å²) in [5.74, 6) is 0.921. The molecule has 0 amide bonds. The Morgan fingerprint density at radius 3 is 2.45 bits per heavy atom. The first-order valence-electron chi connectivity index (χ1n) is 8.07. The molecule has 1 aromatic rings. The lowest BCUT2D eigenvalue weighted by molar-refractivity contribution is 0.583. The normalized spacial score (nSPS) is 15.2. The van der Waals surface area contributed by atoms with E-state index in [4.69, 9.17) is 0 Å². The van der Waals surface area contributed by atoms with Gasteiger partial charge in [0.1, 0.15) is 0 Å². The van der Waals surface area contributed by atoms with Crippen molar-refractivity contribution in [3.63, 3.8) is 0 Å². The molecule has 112 valence electrons. The molecule has 1 saturated carbocycles. The third-order valence-corrected chi connectivity index (χ3v) is 4.02. The second-order valence-electron chi connectivity index (χ2n) is 6.86. The standard InChI is InChI=1S/C18H30N2/c1-13(2)19-11-17-10-15(5)6-9-18(17)20(14(3)4)12-16-7-8-16/h6,9-10,13-14,16,19H,7-8,11-12H2,1-5H3. The smallest absolute Gasteiger partial charge is 0.0414 e. The first-order valence-corrected chi connectivity index (χ1v) is 8.07. The van der Waals surface area contributed by atoms with Gasteiger partial charge < -0.3 is 10.2 Å². The maximum Gasteiger partial charge on any atom is 0.0414 e. The summed E-state index contributed by atoms with van der Waals surface area (Å²) in [6.07, 6.45) is 2.82. The van der Waals surface area contributed by atoms with Crippen LogP contribution < -0.4 is 10.2 Å². The van der Waals surface area contributed by atoms with Gasteiger partial charge in [-0.05, 0) is 51.2 Å². The number of anilines is 1. The molecule has 1 N–H and O–H groups in total. The lowest BCUT2D eigenvalue weighted by atomic mass is 10.1. The Morgan fingerprint density at radius 1 is 1.20 bits per heavy atom. The molecule has 2 nitrogen and oxygen atoms in total. The molecule has 0 aliphatic heterocycles. The van der Waals surface area contributed by atoms with E-state index in [0.717, 1.165) is 12.5 Å². The summed E-state index contributed by atoms with van der Waals surface area (Å²) >= 11 is 0. The molecule has 0 spiro atoms. The number of benzene rings is 1. The molecule has 2 rings (SSSR count). The zero-order chi connectivity index (χ0) is 14.7. The van der Waals surface area contributed by atoms with Crippen LogP contribution in [0.4, 0.5) is 5.69 Å². The van der Waals surface area contributed by atoms with E-state index in [1.54, 1.807) is 0 Å². The van der Waals surface area contributed by atoms with Crippen LogP contribution in [0.5, 0.6) is 0 Å². The molecule has 1 fully saturated rings. The second-order valence-corrected chi connectivity index (χ2v) is 6.86. The van der Waals surface area contributed by atoms with E-state index in [1.165, 1.54) is 36.2 Å². The Kier molecular flexibility index (Phi) is 5.09. The minimum absolute atomic E-state index is 0.527. The summed E-state index contributed by atoms with van der Waals surface area (Å²) in [4.78, 5) is 2.59. The maximum atomic E-state index is 3.57. The van der Waals surface area contributed by atoms with Gasteiger partial charge in [-0.3, -0.25) is 0 Å². The zero-order valence-electron chi connectivity index (χ0n) is 13.7. The first-order chi connectivity index (χ1) is 9.47. The van der Waals surface area contributed by atoms with Gasteiger partial charge in [0.25, 0.3) is 0 Å². The molecular formula is C18H30N2. The number of hydrogen-bond donors (Lipinski definition) is 1. The van der Waals surface area contributed by atoms with Crippen LogP contribution in [0.15, 0.2) is 18.2 Å². The van der Waals surface area contributed by atoms with E-state index < -0.39 is 0 Å². The van der Waals surface area contributed by atoms with Gasteiger partial charge in [-0.25, -0.2) is 0 Å². The third-order valence-electron chi connectivity index (χ3n) is 4.02. The van der Waals surface area contributed by atoms with Gasteiger partial charge in [-0.15, -0.1) is 0 Å². The molecule has 20 heavy (non-hydrogen) atoms. The number of hydrogen-bond acceptors (Lipinski definition) is 2. The molecule has 0 radical (unpaired) electrons. The lowest BCUT2D eigenvalue weighted by Crippen LogP contribution is -2.34. The largest absolute Gasteiger partial charge is 0.369 e. The third kappa shape index (κ3) is 4.24. The van der Waals surface area contributed by atoms with E-state index in [-0.39, 0.29) is 0 Å². The van der Waals surface area contributed by atoms with Crippen LogP contribution in [-0.4, -0.2) is 18.6 Å². The van der Waals surface area contributed by atoms with Crippen molar-refractivity contribution < 1.29 is 0 Å². The van der Waals surface area contributed by atoms with Gasteiger partial charge in [0.05, 0.1) is 0 Å². The van der Waals surface area contributed by atoms with Gasteiger partial charge >= 0.3 is 0 Å². The van der Waals surface area contributed by atoms with Crippen molar-refractivity contribution in [1.82, 2.24) is 5.32 Å². The van der Waals surface area contributed by atoms with Crippen molar-refractivity contribution in [3.05, 3.63) is 29.3 Å². The predicted molar refractivity (Wildman–Crippen MR) is 88.4 cm³/mol. The van der Waals surface area contributed by atoms with Gasteiger partial charge in [0.2, 0.25) is 0 Å². The van der Waals surface area contributed by atoms with Crippen molar-refractivity contribution in [2.45, 2.75) is 66.1 Å². The zero-order valence-corrected chi connectivity index (χ0v) is 13.7. The van der Waals surface area contributed by atoms with Crippen molar-refractivity contribution in [2.75, 3.05) is 11.4 Å². The predicted octanol–water partition coefficient (Wildman–Crippen LogP) is 4.12. The van der Waals surface area contributed by atoms with Gasteiger partial charge in [0.15, 0.2) is 0 Å². The number of rotatable bonds is 7. The maximum absolute atomic E-state index is 3.57.